The van der Waals surface area contributed by atoms with Crippen molar-refractivity contribution in [3.8, 4) is 0 Å². The first-order valence-corrected chi connectivity index (χ1v) is 12.5. The fourth-order valence-corrected chi connectivity index (χ4v) is 7.05. The molecule has 3 aliphatic carbocycles. The summed E-state index contributed by atoms with van der Waals surface area (Å²) in [7, 11) is 0. The van der Waals surface area contributed by atoms with Gasteiger partial charge in [-0.05, 0) is 111 Å². The quantitative estimate of drug-likeness (QED) is 0.431. The van der Waals surface area contributed by atoms with Crippen LogP contribution in [0.1, 0.15) is 108 Å². The summed E-state index contributed by atoms with van der Waals surface area (Å²) in [5.41, 5.74) is 1.37. The van der Waals surface area contributed by atoms with Gasteiger partial charge in [0.05, 0.1) is 0 Å². The van der Waals surface area contributed by atoms with Crippen LogP contribution in [0.3, 0.4) is 0 Å². The molecule has 1 heteroatoms. The number of fused-ring (bicyclic) bond motifs is 1. The van der Waals surface area contributed by atoms with Crippen molar-refractivity contribution in [3.05, 3.63) is 35.6 Å². The lowest BCUT2D eigenvalue weighted by Gasteiger charge is -2.45. The molecule has 3 saturated carbocycles. The summed E-state index contributed by atoms with van der Waals surface area (Å²) < 4.78 is 13.2. The average Bonchev–Trinajstić information content (AvgIpc) is 2.74. The highest BCUT2D eigenvalue weighted by Crippen LogP contribution is 2.50. The van der Waals surface area contributed by atoms with Gasteiger partial charge < -0.3 is 0 Å². The molecule has 1 aromatic rings. The Labute approximate surface area is 172 Å². The maximum atomic E-state index is 13.2. The Morgan fingerprint density at radius 3 is 2.04 bits per heavy atom. The van der Waals surface area contributed by atoms with Crippen molar-refractivity contribution in [2.75, 3.05) is 0 Å². The fourth-order valence-electron chi connectivity index (χ4n) is 7.05. The lowest BCUT2D eigenvalue weighted by molar-refractivity contribution is 0.0614. The number of hydrogen-bond acceptors (Lipinski definition) is 0. The Balaban J connectivity index is 1.23. The van der Waals surface area contributed by atoms with Gasteiger partial charge in [-0.2, -0.15) is 0 Å². The molecule has 0 spiro atoms. The maximum Gasteiger partial charge on any atom is 0.123 e. The van der Waals surface area contributed by atoms with Crippen molar-refractivity contribution in [1.29, 1.82) is 0 Å². The monoisotopic (exact) mass is 384 g/mol. The first-order valence-electron chi connectivity index (χ1n) is 12.5. The Kier molecular flexibility index (Phi) is 7.13. The minimum atomic E-state index is -0.103. The van der Waals surface area contributed by atoms with E-state index < -0.39 is 0 Å². The van der Waals surface area contributed by atoms with Crippen LogP contribution in [0.2, 0.25) is 0 Å². The van der Waals surface area contributed by atoms with Gasteiger partial charge in [-0.1, -0.05) is 51.2 Å². The van der Waals surface area contributed by atoms with E-state index in [1.165, 1.54) is 89.0 Å². The fraction of sp³-hybridized carbons (Fsp3) is 0.778. The number of halogens is 1. The third-order valence-electron chi connectivity index (χ3n) is 8.76. The summed E-state index contributed by atoms with van der Waals surface area (Å²) in [5.74, 6) is 5.71. The summed E-state index contributed by atoms with van der Waals surface area (Å²) in [5, 5.41) is 0. The normalized spacial score (nSPS) is 36.1. The van der Waals surface area contributed by atoms with Gasteiger partial charge >= 0.3 is 0 Å². The predicted molar refractivity (Wildman–Crippen MR) is 117 cm³/mol. The second-order valence-corrected chi connectivity index (χ2v) is 10.4. The Morgan fingerprint density at radius 2 is 1.32 bits per heavy atom. The Hall–Kier alpha value is -0.850. The van der Waals surface area contributed by atoms with E-state index in [9.17, 15) is 4.39 Å². The molecule has 0 saturated heterocycles. The van der Waals surface area contributed by atoms with Crippen molar-refractivity contribution >= 4 is 0 Å². The Morgan fingerprint density at radius 1 is 0.714 bits per heavy atom. The minimum Gasteiger partial charge on any atom is -0.207 e. The molecule has 0 amide bonds. The molecule has 3 aliphatic rings. The van der Waals surface area contributed by atoms with Gasteiger partial charge in [0.15, 0.2) is 0 Å². The van der Waals surface area contributed by atoms with E-state index in [1.54, 1.807) is 18.6 Å². The molecule has 3 fully saturated rings. The molecule has 0 bridgehead atoms. The highest BCUT2D eigenvalue weighted by molar-refractivity contribution is 5.21. The molecule has 0 radical (unpaired) electrons. The molecule has 0 nitrogen and oxygen atoms in total. The van der Waals surface area contributed by atoms with Crippen LogP contribution in [-0.4, -0.2) is 0 Å². The molecule has 28 heavy (non-hydrogen) atoms. The van der Waals surface area contributed by atoms with Crippen LogP contribution in [0.25, 0.3) is 0 Å². The van der Waals surface area contributed by atoms with Gasteiger partial charge in [0.25, 0.3) is 0 Å². The highest BCUT2D eigenvalue weighted by atomic mass is 19.1. The summed E-state index contributed by atoms with van der Waals surface area (Å²) in [4.78, 5) is 0. The van der Waals surface area contributed by atoms with Crippen LogP contribution >= 0.6 is 0 Å². The van der Waals surface area contributed by atoms with Crippen LogP contribution in [0.4, 0.5) is 4.39 Å². The van der Waals surface area contributed by atoms with Gasteiger partial charge in [0, 0.05) is 0 Å². The van der Waals surface area contributed by atoms with Crippen LogP contribution in [-0.2, 0) is 0 Å². The zero-order valence-corrected chi connectivity index (χ0v) is 18.1. The SMILES string of the molecule is CCCCCC1CCC2CC(C3CCC(c4ccc(F)cc4)CC3)CCC2C1. The molecule has 4 unspecified atom stereocenters. The van der Waals surface area contributed by atoms with Crippen molar-refractivity contribution < 1.29 is 4.39 Å². The van der Waals surface area contributed by atoms with Crippen LogP contribution in [0.5, 0.6) is 0 Å². The summed E-state index contributed by atoms with van der Waals surface area (Å²) in [6.45, 7) is 2.32. The van der Waals surface area contributed by atoms with E-state index in [-0.39, 0.29) is 5.82 Å². The highest BCUT2D eigenvalue weighted by Gasteiger charge is 2.38. The third kappa shape index (κ3) is 5.00. The molecular formula is C27H41F. The first-order chi connectivity index (χ1) is 13.7. The lowest BCUT2D eigenvalue weighted by Crippen LogP contribution is -2.34. The second kappa shape index (κ2) is 9.77. The molecule has 0 aliphatic heterocycles. The van der Waals surface area contributed by atoms with E-state index in [4.69, 9.17) is 0 Å². The Bertz CT molecular complexity index is 583. The average molecular weight is 385 g/mol. The minimum absolute atomic E-state index is 0.103. The van der Waals surface area contributed by atoms with E-state index in [1.807, 2.05) is 12.1 Å². The maximum absolute atomic E-state index is 13.2. The van der Waals surface area contributed by atoms with E-state index in [0.29, 0.717) is 5.92 Å². The molecule has 156 valence electrons. The summed E-state index contributed by atoms with van der Waals surface area (Å²) in [6.07, 6.45) is 20.4. The zero-order chi connectivity index (χ0) is 19.3. The van der Waals surface area contributed by atoms with E-state index in [2.05, 4.69) is 6.92 Å². The smallest absolute Gasteiger partial charge is 0.123 e. The number of hydrogen-bond donors (Lipinski definition) is 0. The van der Waals surface area contributed by atoms with Gasteiger partial charge in [-0.25, -0.2) is 4.39 Å². The van der Waals surface area contributed by atoms with Crippen molar-refractivity contribution in [3.63, 3.8) is 0 Å². The number of benzene rings is 1. The number of rotatable bonds is 6. The van der Waals surface area contributed by atoms with Crippen molar-refractivity contribution in [2.24, 2.45) is 29.6 Å². The van der Waals surface area contributed by atoms with Crippen molar-refractivity contribution in [1.82, 2.24) is 0 Å². The van der Waals surface area contributed by atoms with Crippen LogP contribution < -0.4 is 0 Å². The molecule has 0 N–H and O–H groups in total. The van der Waals surface area contributed by atoms with Gasteiger partial charge in [-0.15, -0.1) is 0 Å². The molecule has 0 aromatic heterocycles. The topological polar surface area (TPSA) is 0 Å². The number of unbranched alkanes of at least 4 members (excludes halogenated alkanes) is 2. The van der Waals surface area contributed by atoms with Crippen molar-refractivity contribution in [2.45, 2.75) is 103 Å². The van der Waals surface area contributed by atoms with Gasteiger partial charge in [0.2, 0.25) is 0 Å². The summed E-state index contributed by atoms with van der Waals surface area (Å²) >= 11 is 0. The first kappa shape index (κ1) is 20.4. The van der Waals surface area contributed by atoms with Gasteiger partial charge in [0.1, 0.15) is 5.82 Å². The second-order valence-electron chi connectivity index (χ2n) is 10.4. The lowest BCUT2D eigenvalue weighted by atomic mass is 9.60. The molecule has 4 rings (SSSR count). The standard InChI is InChI=1S/C27H41F/c1-2-3-4-5-20-6-7-26-19-25(13-12-24(26)18-20)23-10-8-21(9-11-23)22-14-16-27(28)17-15-22/h14-17,20-21,23-26H,2-13,18-19H2,1H3. The molecule has 1 aromatic carbocycles. The van der Waals surface area contributed by atoms with Crippen LogP contribution in [0.15, 0.2) is 24.3 Å². The largest absolute Gasteiger partial charge is 0.207 e. The summed E-state index contributed by atoms with van der Waals surface area (Å²) in [6, 6.07) is 7.32. The van der Waals surface area contributed by atoms with E-state index >= 15 is 0 Å². The predicted octanol–water partition coefficient (Wildman–Crippen LogP) is 8.51. The molecule has 0 heterocycles. The van der Waals surface area contributed by atoms with E-state index in [0.717, 1.165) is 29.6 Å². The molecule has 4 atom stereocenters. The third-order valence-corrected chi connectivity index (χ3v) is 8.76. The zero-order valence-electron chi connectivity index (χ0n) is 18.1. The van der Waals surface area contributed by atoms with Gasteiger partial charge in [-0.3, -0.25) is 0 Å². The van der Waals surface area contributed by atoms with Crippen LogP contribution in [0, 0.1) is 35.4 Å². The molecular weight excluding hydrogens is 343 g/mol.